The molecule has 1 fully saturated rings. The van der Waals surface area contributed by atoms with E-state index in [2.05, 4.69) is 16.0 Å². The van der Waals surface area contributed by atoms with E-state index in [1.165, 1.54) is 0 Å². The first-order valence-corrected chi connectivity index (χ1v) is 9.77. The lowest BCUT2D eigenvalue weighted by Crippen LogP contribution is -2.28. The topological polar surface area (TPSA) is 79.5 Å². The molecule has 1 aliphatic heterocycles. The van der Waals surface area contributed by atoms with Crippen LogP contribution in [0.3, 0.4) is 0 Å². The van der Waals surface area contributed by atoms with Gasteiger partial charge in [0, 0.05) is 23.9 Å². The molecule has 0 bridgehead atoms. The molecule has 0 aromatic heterocycles. The predicted molar refractivity (Wildman–Crippen MR) is 110 cm³/mol. The SMILES string of the molecule is O=C(CCC1CCNCC1)Nc1cccc(OCC(=O)Nc2ccccc2)c1. The van der Waals surface area contributed by atoms with E-state index in [9.17, 15) is 9.59 Å². The van der Waals surface area contributed by atoms with Gasteiger partial charge in [-0.2, -0.15) is 0 Å². The molecule has 0 saturated carbocycles. The molecule has 0 unspecified atom stereocenters. The molecule has 2 amide bonds. The summed E-state index contributed by atoms with van der Waals surface area (Å²) in [6.07, 6.45) is 3.72. The van der Waals surface area contributed by atoms with Gasteiger partial charge in [-0.1, -0.05) is 24.3 Å². The predicted octanol–water partition coefficient (Wildman–Crippen LogP) is 3.42. The molecule has 1 aliphatic rings. The van der Waals surface area contributed by atoms with Crippen LogP contribution in [-0.2, 0) is 9.59 Å². The first-order chi connectivity index (χ1) is 13.7. The molecular formula is C22H27N3O3. The summed E-state index contributed by atoms with van der Waals surface area (Å²) in [5, 5.41) is 9.02. The fraction of sp³-hybridized carbons (Fsp3) is 0.364. The molecule has 28 heavy (non-hydrogen) atoms. The standard InChI is InChI=1S/C22H27N3O3/c26-21(10-9-17-11-13-23-14-12-17)25-19-7-4-8-20(15-19)28-16-22(27)24-18-5-2-1-3-6-18/h1-8,15,17,23H,9-14,16H2,(H,24,27)(H,25,26). The molecule has 6 nitrogen and oxygen atoms in total. The highest BCUT2D eigenvalue weighted by Gasteiger charge is 2.14. The molecule has 0 atom stereocenters. The van der Waals surface area contributed by atoms with Gasteiger partial charge in [0.1, 0.15) is 5.75 Å². The summed E-state index contributed by atoms with van der Waals surface area (Å²) in [6.45, 7) is 2.00. The maximum atomic E-state index is 12.2. The van der Waals surface area contributed by atoms with Gasteiger partial charge in [-0.25, -0.2) is 0 Å². The van der Waals surface area contributed by atoms with Crippen LogP contribution in [-0.4, -0.2) is 31.5 Å². The first kappa shape index (κ1) is 19.9. The molecule has 1 saturated heterocycles. The van der Waals surface area contributed by atoms with Crippen molar-refractivity contribution in [2.45, 2.75) is 25.7 Å². The zero-order valence-electron chi connectivity index (χ0n) is 15.9. The number of carbonyl (C=O) groups is 2. The highest BCUT2D eigenvalue weighted by atomic mass is 16.5. The molecule has 3 rings (SSSR count). The Bertz CT molecular complexity index is 774. The van der Waals surface area contributed by atoms with Gasteiger partial charge in [-0.05, 0) is 62.5 Å². The van der Waals surface area contributed by atoms with Gasteiger partial charge >= 0.3 is 0 Å². The third-order valence-corrected chi connectivity index (χ3v) is 4.78. The average molecular weight is 381 g/mol. The molecule has 3 N–H and O–H groups in total. The van der Waals surface area contributed by atoms with Crippen molar-refractivity contribution in [3.63, 3.8) is 0 Å². The Morgan fingerprint density at radius 3 is 2.43 bits per heavy atom. The number of carbonyl (C=O) groups excluding carboxylic acids is 2. The number of hydrogen-bond acceptors (Lipinski definition) is 4. The van der Waals surface area contributed by atoms with Gasteiger partial charge in [0.05, 0.1) is 0 Å². The summed E-state index contributed by atoms with van der Waals surface area (Å²) < 4.78 is 5.55. The Kier molecular flexibility index (Phi) is 7.44. The van der Waals surface area contributed by atoms with Gasteiger partial charge in [0.2, 0.25) is 5.91 Å². The Balaban J connectivity index is 1.42. The van der Waals surface area contributed by atoms with Crippen LogP contribution >= 0.6 is 0 Å². The van der Waals surface area contributed by atoms with Gasteiger partial charge in [-0.15, -0.1) is 0 Å². The van der Waals surface area contributed by atoms with Crippen molar-refractivity contribution in [2.24, 2.45) is 5.92 Å². The third kappa shape index (κ3) is 6.70. The second-order valence-corrected chi connectivity index (χ2v) is 7.01. The van der Waals surface area contributed by atoms with E-state index >= 15 is 0 Å². The van der Waals surface area contributed by atoms with Crippen molar-refractivity contribution in [1.82, 2.24) is 5.32 Å². The van der Waals surface area contributed by atoms with Crippen LogP contribution in [0.1, 0.15) is 25.7 Å². The maximum Gasteiger partial charge on any atom is 0.262 e. The van der Waals surface area contributed by atoms with Crippen LogP contribution in [0, 0.1) is 5.92 Å². The number of rotatable bonds is 8. The summed E-state index contributed by atoms with van der Waals surface area (Å²) in [5.41, 5.74) is 1.40. The lowest BCUT2D eigenvalue weighted by atomic mass is 9.93. The van der Waals surface area contributed by atoms with E-state index in [-0.39, 0.29) is 18.4 Å². The Hall–Kier alpha value is -2.86. The van der Waals surface area contributed by atoms with Crippen molar-refractivity contribution in [3.05, 3.63) is 54.6 Å². The number of piperidine rings is 1. The normalized spacial score (nSPS) is 14.3. The first-order valence-electron chi connectivity index (χ1n) is 9.77. The molecular weight excluding hydrogens is 354 g/mol. The van der Waals surface area contributed by atoms with E-state index < -0.39 is 0 Å². The van der Waals surface area contributed by atoms with E-state index in [1.807, 2.05) is 36.4 Å². The van der Waals surface area contributed by atoms with E-state index in [0.29, 0.717) is 23.8 Å². The minimum absolute atomic E-state index is 0.0116. The maximum absolute atomic E-state index is 12.2. The minimum Gasteiger partial charge on any atom is -0.484 e. The number of benzene rings is 2. The molecule has 0 radical (unpaired) electrons. The zero-order valence-corrected chi connectivity index (χ0v) is 15.9. The fourth-order valence-corrected chi connectivity index (χ4v) is 3.26. The number of para-hydroxylation sites is 1. The summed E-state index contributed by atoms with van der Waals surface area (Å²) in [7, 11) is 0. The van der Waals surface area contributed by atoms with E-state index in [4.69, 9.17) is 4.74 Å². The second-order valence-electron chi connectivity index (χ2n) is 7.01. The quantitative estimate of drug-likeness (QED) is 0.655. The van der Waals surface area contributed by atoms with Crippen LogP contribution in [0.4, 0.5) is 11.4 Å². The van der Waals surface area contributed by atoms with Gasteiger partial charge < -0.3 is 20.7 Å². The van der Waals surface area contributed by atoms with Gasteiger partial charge in [0.15, 0.2) is 6.61 Å². The Morgan fingerprint density at radius 2 is 1.64 bits per heavy atom. The summed E-state index contributed by atoms with van der Waals surface area (Å²) in [6, 6.07) is 16.3. The summed E-state index contributed by atoms with van der Waals surface area (Å²) in [5.74, 6) is 0.948. The lowest BCUT2D eigenvalue weighted by molar-refractivity contribution is -0.118. The largest absolute Gasteiger partial charge is 0.484 e. The third-order valence-electron chi connectivity index (χ3n) is 4.78. The molecule has 0 spiro atoms. The monoisotopic (exact) mass is 381 g/mol. The van der Waals surface area contributed by atoms with Crippen LogP contribution in [0.15, 0.2) is 54.6 Å². The molecule has 1 heterocycles. The summed E-state index contributed by atoms with van der Waals surface area (Å²) in [4.78, 5) is 24.2. The van der Waals surface area contributed by atoms with Crippen LogP contribution in [0.2, 0.25) is 0 Å². The van der Waals surface area contributed by atoms with E-state index in [0.717, 1.165) is 38.0 Å². The van der Waals surface area contributed by atoms with Crippen LogP contribution in [0.25, 0.3) is 0 Å². The fourth-order valence-electron chi connectivity index (χ4n) is 3.26. The van der Waals surface area contributed by atoms with Crippen molar-refractivity contribution in [3.8, 4) is 5.75 Å². The molecule has 148 valence electrons. The lowest BCUT2D eigenvalue weighted by Gasteiger charge is -2.22. The average Bonchev–Trinajstić information content (AvgIpc) is 2.73. The van der Waals surface area contributed by atoms with Crippen LogP contribution < -0.4 is 20.7 Å². The molecule has 2 aromatic rings. The molecule has 6 heteroatoms. The number of amides is 2. The smallest absolute Gasteiger partial charge is 0.262 e. The highest BCUT2D eigenvalue weighted by molar-refractivity contribution is 5.92. The van der Waals surface area contributed by atoms with E-state index in [1.54, 1.807) is 18.2 Å². The second kappa shape index (κ2) is 10.5. The summed E-state index contributed by atoms with van der Waals surface area (Å²) >= 11 is 0. The zero-order chi connectivity index (χ0) is 19.6. The van der Waals surface area contributed by atoms with Crippen molar-refractivity contribution in [1.29, 1.82) is 0 Å². The van der Waals surface area contributed by atoms with Crippen LogP contribution in [0.5, 0.6) is 5.75 Å². The molecule has 2 aromatic carbocycles. The number of nitrogens with one attached hydrogen (secondary N) is 3. The Labute approximate surface area is 165 Å². The van der Waals surface area contributed by atoms with Gasteiger partial charge in [-0.3, -0.25) is 9.59 Å². The van der Waals surface area contributed by atoms with Crippen molar-refractivity contribution >= 4 is 23.2 Å². The molecule has 0 aliphatic carbocycles. The number of hydrogen-bond donors (Lipinski definition) is 3. The number of anilines is 2. The number of ether oxygens (including phenoxy) is 1. The minimum atomic E-state index is -0.234. The van der Waals surface area contributed by atoms with Crippen molar-refractivity contribution in [2.75, 3.05) is 30.3 Å². The van der Waals surface area contributed by atoms with Crippen molar-refractivity contribution < 1.29 is 14.3 Å². The highest BCUT2D eigenvalue weighted by Crippen LogP contribution is 2.20. The van der Waals surface area contributed by atoms with Gasteiger partial charge in [0.25, 0.3) is 5.91 Å². The Morgan fingerprint density at radius 1 is 0.929 bits per heavy atom.